The molecule has 0 bridgehead atoms. The first-order valence-corrected chi connectivity index (χ1v) is 7.80. The summed E-state index contributed by atoms with van der Waals surface area (Å²) in [7, 11) is -1.98. The minimum absolute atomic E-state index is 0.0806. The van der Waals surface area contributed by atoms with E-state index in [0.717, 1.165) is 0 Å². The molecule has 0 aromatic carbocycles. The van der Waals surface area contributed by atoms with E-state index < -0.39 is 10.0 Å². The molecule has 0 unspecified atom stereocenters. The first kappa shape index (κ1) is 17.0. The number of rotatable bonds is 10. The van der Waals surface area contributed by atoms with Crippen molar-refractivity contribution in [1.29, 1.82) is 0 Å². The van der Waals surface area contributed by atoms with Gasteiger partial charge in [-0.15, -0.1) is 0 Å². The summed E-state index contributed by atoms with van der Waals surface area (Å²) in [6, 6.07) is 3.06. The van der Waals surface area contributed by atoms with Gasteiger partial charge in [0.05, 0.1) is 18.9 Å². The first-order chi connectivity index (χ1) is 9.61. The van der Waals surface area contributed by atoms with E-state index in [-0.39, 0.29) is 11.4 Å². The molecular weight excluding hydrogens is 282 g/mol. The molecule has 1 heterocycles. The van der Waals surface area contributed by atoms with Crippen LogP contribution >= 0.6 is 0 Å². The lowest BCUT2D eigenvalue weighted by molar-refractivity contribution is 0.0699. The Labute approximate surface area is 119 Å². The zero-order valence-electron chi connectivity index (χ0n) is 11.5. The minimum Gasteiger partial charge on any atom is -0.382 e. The van der Waals surface area contributed by atoms with Crippen molar-refractivity contribution in [2.45, 2.75) is 17.9 Å². The third-order valence-electron chi connectivity index (χ3n) is 2.52. The van der Waals surface area contributed by atoms with E-state index in [0.29, 0.717) is 38.5 Å². The Morgan fingerprint density at radius 3 is 2.85 bits per heavy atom. The summed E-state index contributed by atoms with van der Waals surface area (Å²) in [6.45, 7) is 1.89. The second-order valence-electron chi connectivity index (χ2n) is 4.01. The van der Waals surface area contributed by atoms with Crippen molar-refractivity contribution in [2.24, 2.45) is 5.73 Å². The Hall–Kier alpha value is -1.06. The zero-order valence-corrected chi connectivity index (χ0v) is 12.4. The predicted octanol–water partition coefficient (Wildman–Crippen LogP) is -0.128. The summed E-state index contributed by atoms with van der Waals surface area (Å²) >= 11 is 0. The van der Waals surface area contributed by atoms with Crippen LogP contribution in [0.3, 0.4) is 0 Å². The number of nitrogens with one attached hydrogen (secondary N) is 1. The smallest absolute Gasteiger partial charge is 0.242 e. The minimum atomic E-state index is -3.57. The molecule has 0 radical (unpaired) electrons. The van der Waals surface area contributed by atoms with Crippen LogP contribution in [0.4, 0.5) is 0 Å². The summed E-state index contributed by atoms with van der Waals surface area (Å²) in [5.74, 6) is 0. The third-order valence-corrected chi connectivity index (χ3v) is 4.06. The van der Waals surface area contributed by atoms with Gasteiger partial charge in [-0.3, -0.25) is 4.98 Å². The van der Waals surface area contributed by atoms with Gasteiger partial charge < -0.3 is 15.2 Å². The normalized spacial score (nSPS) is 11.7. The van der Waals surface area contributed by atoms with Gasteiger partial charge in [0.15, 0.2) is 0 Å². The molecule has 1 aromatic heterocycles. The monoisotopic (exact) mass is 303 g/mol. The number of aromatic nitrogens is 1. The van der Waals surface area contributed by atoms with Gasteiger partial charge >= 0.3 is 0 Å². The number of hydrogen-bond acceptors (Lipinski definition) is 6. The van der Waals surface area contributed by atoms with Crippen LogP contribution in [0.25, 0.3) is 0 Å². The Morgan fingerprint density at radius 2 is 2.15 bits per heavy atom. The molecule has 0 aliphatic rings. The molecule has 1 aromatic rings. The van der Waals surface area contributed by atoms with E-state index in [9.17, 15) is 8.42 Å². The summed E-state index contributed by atoms with van der Waals surface area (Å²) in [6.07, 6.45) is 2.10. The summed E-state index contributed by atoms with van der Waals surface area (Å²) < 4.78 is 36.7. The molecule has 0 amide bonds. The fraction of sp³-hybridized carbons (Fsp3) is 0.583. The van der Waals surface area contributed by atoms with E-state index in [2.05, 4.69) is 9.71 Å². The summed E-state index contributed by atoms with van der Waals surface area (Å²) in [4.78, 5) is 4.09. The average Bonchev–Trinajstić information content (AvgIpc) is 2.46. The highest BCUT2D eigenvalue weighted by atomic mass is 32.2. The van der Waals surface area contributed by atoms with E-state index in [4.69, 9.17) is 15.2 Å². The predicted molar refractivity (Wildman–Crippen MR) is 74.6 cm³/mol. The van der Waals surface area contributed by atoms with Crippen LogP contribution in [-0.4, -0.2) is 46.9 Å². The quantitative estimate of drug-likeness (QED) is 0.584. The molecule has 20 heavy (non-hydrogen) atoms. The van der Waals surface area contributed by atoms with Crippen LogP contribution in [-0.2, 0) is 26.0 Å². The number of pyridine rings is 1. The molecule has 7 nitrogen and oxygen atoms in total. The lowest BCUT2D eigenvalue weighted by Gasteiger charge is -2.09. The highest BCUT2D eigenvalue weighted by molar-refractivity contribution is 7.89. The van der Waals surface area contributed by atoms with Gasteiger partial charge in [-0.2, -0.15) is 0 Å². The van der Waals surface area contributed by atoms with Gasteiger partial charge in [-0.05, 0) is 18.6 Å². The Morgan fingerprint density at radius 1 is 1.35 bits per heavy atom. The molecule has 0 aliphatic heterocycles. The summed E-state index contributed by atoms with van der Waals surface area (Å²) in [5, 5.41) is 0. The molecular formula is C12H21N3O4S. The van der Waals surface area contributed by atoms with Gasteiger partial charge in [0, 0.05) is 33.0 Å². The third kappa shape index (κ3) is 5.51. The van der Waals surface area contributed by atoms with Crippen LogP contribution in [0.2, 0.25) is 0 Å². The molecule has 0 aliphatic carbocycles. The number of hydrogen-bond donors (Lipinski definition) is 2. The van der Waals surface area contributed by atoms with Gasteiger partial charge in [0.25, 0.3) is 0 Å². The lowest BCUT2D eigenvalue weighted by Crippen LogP contribution is -2.27. The molecule has 1 rings (SSSR count). The van der Waals surface area contributed by atoms with Gasteiger partial charge in [0.1, 0.15) is 4.90 Å². The number of methoxy groups -OCH3 is 1. The van der Waals surface area contributed by atoms with E-state index in [1.807, 2.05) is 0 Å². The van der Waals surface area contributed by atoms with Gasteiger partial charge in [-0.1, -0.05) is 0 Å². The molecule has 0 saturated carbocycles. The van der Waals surface area contributed by atoms with Crippen molar-refractivity contribution in [1.82, 2.24) is 9.71 Å². The molecule has 0 spiro atoms. The van der Waals surface area contributed by atoms with Crippen LogP contribution < -0.4 is 10.5 Å². The largest absolute Gasteiger partial charge is 0.382 e. The topological polar surface area (TPSA) is 104 Å². The van der Waals surface area contributed by atoms with Crippen molar-refractivity contribution in [3.8, 4) is 0 Å². The molecule has 3 N–H and O–H groups in total. The van der Waals surface area contributed by atoms with Crippen LogP contribution in [0.15, 0.2) is 23.2 Å². The number of nitrogens with zero attached hydrogens (tertiary/aromatic N) is 1. The maximum Gasteiger partial charge on any atom is 0.242 e. The highest BCUT2D eigenvalue weighted by Crippen LogP contribution is 2.11. The molecule has 0 saturated heterocycles. The number of sulfonamides is 1. The zero-order chi connectivity index (χ0) is 14.8. The SMILES string of the molecule is COCCOCCCNS(=O)(=O)c1cccnc1CN. The second-order valence-corrected chi connectivity index (χ2v) is 5.74. The number of ether oxygens (including phenoxy) is 2. The van der Waals surface area contributed by atoms with E-state index in [1.165, 1.54) is 12.3 Å². The second kappa shape index (κ2) is 8.98. The van der Waals surface area contributed by atoms with Crippen LogP contribution in [0, 0.1) is 0 Å². The molecule has 114 valence electrons. The fourth-order valence-corrected chi connectivity index (χ4v) is 2.80. The maximum absolute atomic E-state index is 12.1. The number of nitrogens with two attached hydrogens (primary N) is 1. The van der Waals surface area contributed by atoms with Crippen molar-refractivity contribution >= 4 is 10.0 Å². The standard InChI is InChI=1S/C12H21N3O4S/c1-18-8-9-19-7-3-6-15-20(16,17)12-4-2-5-14-11(12)10-13/h2,4-5,15H,3,6-10,13H2,1H3. The van der Waals surface area contributed by atoms with Gasteiger partial charge in [0.2, 0.25) is 10.0 Å². The van der Waals surface area contributed by atoms with Crippen molar-refractivity contribution < 1.29 is 17.9 Å². The van der Waals surface area contributed by atoms with Crippen LogP contribution in [0.5, 0.6) is 0 Å². The Balaban J connectivity index is 2.42. The fourth-order valence-electron chi connectivity index (χ4n) is 1.52. The Kier molecular flexibility index (Phi) is 7.63. The average molecular weight is 303 g/mol. The van der Waals surface area contributed by atoms with Crippen molar-refractivity contribution in [2.75, 3.05) is 33.5 Å². The lowest BCUT2D eigenvalue weighted by atomic mass is 10.3. The van der Waals surface area contributed by atoms with Crippen molar-refractivity contribution in [3.05, 3.63) is 24.0 Å². The van der Waals surface area contributed by atoms with Crippen molar-refractivity contribution in [3.63, 3.8) is 0 Å². The van der Waals surface area contributed by atoms with E-state index >= 15 is 0 Å². The van der Waals surface area contributed by atoms with E-state index in [1.54, 1.807) is 13.2 Å². The molecule has 0 fully saturated rings. The Bertz CT molecular complexity index is 493. The molecule has 8 heteroatoms. The van der Waals surface area contributed by atoms with Crippen LogP contribution in [0.1, 0.15) is 12.1 Å². The molecule has 0 atom stereocenters. The first-order valence-electron chi connectivity index (χ1n) is 6.32. The maximum atomic E-state index is 12.1. The summed E-state index contributed by atoms with van der Waals surface area (Å²) in [5.41, 5.74) is 5.84. The highest BCUT2D eigenvalue weighted by Gasteiger charge is 2.17. The van der Waals surface area contributed by atoms with Gasteiger partial charge in [-0.25, -0.2) is 13.1 Å².